The smallest absolute Gasteiger partial charge is 0.220 e. The highest BCUT2D eigenvalue weighted by atomic mass is 16.3. The van der Waals surface area contributed by atoms with Gasteiger partial charge in [0.2, 0.25) is 5.91 Å². The van der Waals surface area contributed by atoms with Gasteiger partial charge in [-0.15, -0.1) is 0 Å². The van der Waals surface area contributed by atoms with Crippen LogP contribution in [0.3, 0.4) is 0 Å². The van der Waals surface area contributed by atoms with E-state index in [9.17, 15) is 4.79 Å². The Kier molecular flexibility index (Phi) is 7.25. The number of carbonyl (C=O) groups excluding carboxylic acids is 1. The summed E-state index contributed by atoms with van der Waals surface area (Å²) >= 11 is 0. The Balaban J connectivity index is 1.50. The molecular weight excluding hydrogens is 360 g/mol. The minimum atomic E-state index is 0.0367. The Morgan fingerprint density at radius 2 is 1.66 bits per heavy atom. The van der Waals surface area contributed by atoms with E-state index in [2.05, 4.69) is 49.3 Å². The van der Waals surface area contributed by atoms with Gasteiger partial charge < -0.3 is 9.73 Å². The van der Waals surface area contributed by atoms with Gasteiger partial charge in [0, 0.05) is 37.5 Å². The fraction of sp³-hybridized carbons (Fsp3) is 0.320. The fourth-order valence-corrected chi connectivity index (χ4v) is 3.12. The van der Waals surface area contributed by atoms with E-state index in [1.807, 2.05) is 48.5 Å². The van der Waals surface area contributed by atoms with Crippen molar-refractivity contribution < 1.29 is 9.21 Å². The van der Waals surface area contributed by atoms with E-state index in [-0.39, 0.29) is 5.91 Å². The maximum Gasteiger partial charge on any atom is 0.220 e. The van der Waals surface area contributed by atoms with E-state index in [0.717, 1.165) is 29.2 Å². The lowest BCUT2D eigenvalue weighted by atomic mass is 10.1. The second-order valence-electron chi connectivity index (χ2n) is 7.69. The number of benzene rings is 2. The Labute approximate surface area is 173 Å². The zero-order valence-electron chi connectivity index (χ0n) is 17.5. The normalized spacial score (nSPS) is 11.2. The molecule has 3 rings (SSSR count). The number of furan rings is 1. The lowest BCUT2D eigenvalue weighted by Crippen LogP contribution is -2.27. The van der Waals surface area contributed by atoms with Gasteiger partial charge in [-0.2, -0.15) is 0 Å². The summed E-state index contributed by atoms with van der Waals surface area (Å²) in [5.74, 6) is 1.71. The SMILES string of the molecule is CC(C)N(C)Cc1ccccc1CNC(=O)CCc1ccc(-c2ccccc2)o1. The lowest BCUT2D eigenvalue weighted by Gasteiger charge is -2.22. The predicted octanol–water partition coefficient (Wildman–Crippen LogP) is 5.04. The molecule has 1 aromatic heterocycles. The van der Waals surface area contributed by atoms with E-state index >= 15 is 0 Å². The van der Waals surface area contributed by atoms with Crippen LogP contribution < -0.4 is 5.32 Å². The van der Waals surface area contributed by atoms with E-state index in [1.165, 1.54) is 5.56 Å². The van der Waals surface area contributed by atoms with Crippen molar-refractivity contribution in [2.75, 3.05) is 7.05 Å². The summed E-state index contributed by atoms with van der Waals surface area (Å²) in [7, 11) is 2.12. The molecule has 0 bridgehead atoms. The molecular formula is C25H30N2O2. The van der Waals surface area contributed by atoms with Crippen molar-refractivity contribution >= 4 is 5.91 Å². The topological polar surface area (TPSA) is 45.5 Å². The van der Waals surface area contributed by atoms with Gasteiger partial charge in [0.05, 0.1) is 0 Å². The summed E-state index contributed by atoms with van der Waals surface area (Å²) in [6.45, 7) is 5.79. The summed E-state index contributed by atoms with van der Waals surface area (Å²) < 4.78 is 5.88. The Bertz CT molecular complexity index is 915. The quantitative estimate of drug-likeness (QED) is 0.557. The van der Waals surface area contributed by atoms with Crippen molar-refractivity contribution in [3.8, 4) is 11.3 Å². The first-order chi connectivity index (χ1) is 14.0. The zero-order valence-corrected chi connectivity index (χ0v) is 17.5. The van der Waals surface area contributed by atoms with Crippen molar-refractivity contribution in [2.24, 2.45) is 0 Å². The van der Waals surface area contributed by atoms with Crippen molar-refractivity contribution in [1.29, 1.82) is 0 Å². The van der Waals surface area contributed by atoms with Crippen LogP contribution in [0, 0.1) is 0 Å². The van der Waals surface area contributed by atoms with Crippen LogP contribution in [0.1, 0.15) is 37.2 Å². The van der Waals surface area contributed by atoms with Crippen molar-refractivity contribution in [2.45, 2.75) is 45.8 Å². The van der Waals surface area contributed by atoms with Gasteiger partial charge >= 0.3 is 0 Å². The van der Waals surface area contributed by atoms with Gasteiger partial charge in [0.25, 0.3) is 0 Å². The van der Waals surface area contributed by atoms with Crippen LogP contribution in [0.4, 0.5) is 0 Å². The molecule has 0 radical (unpaired) electrons. The molecule has 4 nitrogen and oxygen atoms in total. The van der Waals surface area contributed by atoms with Crippen LogP contribution >= 0.6 is 0 Å². The largest absolute Gasteiger partial charge is 0.461 e. The molecule has 2 aromatic carbocycles. The Morgan fingerprint density at radius 1 is 0.966 bits per heavy atom. The molecule has 1 amide bonds. The minimum Gasteiger partial charge on any atom is -0.461 e. The Morgan fingerprint density at radius 3 is 2.38 bits per heavy atom. The molecule has 1 N–H and O–H groups in total. The third-order valence-corrected chi connectivity index (χ3v) is 5.21. The third kappa shape index (κ3) is 6.06. The minimum absolute atomic E-state index is 0.0367. The highest BCUT2D eigenvalue weighted by Crippen LogP contribution is 2.22. The van der Waals surface area contributed by atoms with Crippen LogP contribution in [0.25, 0.3) is 11.3 Å². The second-order valence-corrected chi connectivity index (χ2v) is 7.69. The number of nitrogens with one attached hydrogen (secondary N) is 1. The summed E-state index contributed by atoms with van der Waals surface area (Å²) in [4.78, 5) is 14.6. The molecule has 0 spiro atoms. The van der Waals surface area contributed by atoms with E-state index in [4.69, 9.17) is 4.42 Å². The summed E-state index contributed by atoms with van der Waals surface area (Å²) in [6, 6.07) is 22.7. The average Bonchev–Trinajstić information content (AvgIpc) is 3.21. The number of amides is 1. The average molecular weight is 391 g/mol. The fourth-order valence-electron chi connectivity index (χ4n) is 3.12. The van der Waals surface area contributed by atoms with Crippen LogP contribution in [0.5, 0.6) is 0 Å². The molecule has 0 aliphatic rings. The molecule has 0 aliphatic carbocycles. The predicted molar refractivity (Wildman–Crippen MR) is 117 cm³/mol. The molecule has 0 saturated heterocycles. The highest BCUT2D eigenvalue weighted by molar-refractivity contribution is 5.76. The Hall–Kier alpha value is -2.85. The van der Waals surface area contributed by atoms with Crippen LogP contribution in [0.2, 0.25) is 0 Å². The molecule has 152 valence electrons. The van der Waals surface area contributed by atoms with Crippen molar-refractivity contribution in [3.05, 3.63) is 83.6 Å². The number of nitrogens with zero attached hydrogens (tertiary/aromatic N) is 1. The van der Waals surface area contributed by atoms with E-state index < -0.39 is 0 Å². The molecule has 0 atom stereocenters. The first-order valence-electron chi connectivity index (χ1n) is 10.2. The number of hydrogen-bond donors (Lipinski definition) is 1. The zero-order chi connectivity index (χ0) is 20.6. The third-order valence-electron chi connectivity index (χ3n) is 5.21. The lowest BCUT2D eigenvalue weighted by molar-refractivity contribution is -0.121. The molecule has 0 aliphatic heterocycles. The van der Waals surface area contributed by atoms with Gasteiger partial charge in [-0.05, 0) is 44.2 Å². The van der Waals surface area contributed by atoms with Gasteiger partial charge in [0.15, 0.2) is 0 Å². The molecule has 0 unspecified atom stereocenters. The number of aryl methyl sites for hydroxylation is 1. The van der Waals surface area contributed by atoms with Crippen LogP contribution in [-0.4, -0.2) is 23.9 Å². The van der Waals surface area contributed by atoms with Crippen LogP contribution in [-0.2, 0) is 24.3 Å². The van der Waals surface area contributed by atoms with Gasteiger partial charge in [-0.1, -0.05) is 54.6 Å². The maximum atomic E-state index is 12.3. The number of carbonyl (C=O) groups is 1. The second kappa shape index (κ2) is 10.1. The molecule has 1 heterocycles. The molecule has 3 aromatic rings. The van der Waals surface area contributed by atoms with E-state index in [1.54, 1.807) is 0 Å². The monoisotopic (exact) mass is 390 g/mol. The molecule has 0 fully saturated rings. The summed E-state index contributed by atoms with van der Waals surface area (Å²) in [6.07, 6.45) is 1.01. The highest BCUT2D eigenvalue weighted by Gasteiger charge is 2.10. The summed E-state index contributed by atoms with van der Waals surface area (Å²) in [5, 5.41) is 3.05. The molecule has 4 heteroatoms. The van der Waals surface area contributed by atoms with E-state index in [0.29, 0.717) is 25.4 Å². The standard InChI is InChI=1S/C25H30N2O2/c1-19(2)27(3)18-22-12-8-7-11-21(22)17-26-25(28)16-14-23-13-15-24(29-23)20-9-5-4-6-10-20/h4-13,15,19H,14,16-18H2,1-3H3,(H,26,28). The van der Waals surface area contributed by atoms with Crippen molar-refractivity contribution in [3.63, 3.8) is 0 Å². The first kappa shape index (κ1) is 20.9. The van der Waals surface area contributed by atoms with Gasteiger partial charge in [0.1, 0.15) is 11.5 Å². The van der Waals surface area contributed by atoms with Crippen LogP contribution in [0.15, 0.2) is 71.1 Å². The van der Waals surface area contributed by atoms with Gasteiger partial charge in [-0.3, -0.25) is 9.69 Å². The summed E-state index contributed by atoms with van der Waals surface area (Å²) in [5.41, 5.74) is 3.46. The first-order valence-corrected chi connectivity index (χ1v) is 10.2. The molecule has 0 saturated carbocycles. The number of hydrogen-bond acceptors (Lipinski definition) is 3. The molecule has 29 heavy (non-hydrogen) atoms. The number of rotatable bonds is 9. The van der Waals surface area contributed by atoms with Crippen molar-refractivity contribution in [1.82, 2.24) is 10.2 Å². The maximum absolute atomic E-state index is 12.3. The van der Waals surface area contributed by atoms with Gasteiger partial charge in [-0.25, -0.2) is 0 Å².